The topological polar surface area (TPSA) is 59.1 Å². The van der Waals surface area contributed by atoms with Gasteiger partial charge >= 0.3 is 6.18 Å². The van der Waals surface area contributed by atoms with Gasteiger partial charge in [-0.25, -0.2) is 0 Å². The maximum absolute atomic E-state index is 12.6. The van der Waals surface area contributed by atoms with Crippen molar-refractivity contribution in [2.75, 3.05) is 0 Å². The first-order chi connectivity index (χ1) is 8.40. The Bertz CT molecular complexity index is 446. The number of carbonyl (C=O) groups is 2. The average molecular weight is 260 g/mol. The lowest BCUT2D eigenvalue weighted by Gasteiger charge is -2.13. The first kappa shape index (κ1) is 14.1. The normalized spacial score (nSPS) is 12.9. The summed E-state index contributed by atoms with van der Waals surface area (Å²) in [6.45, 7) is 1.63. The summed E-state index contributed by atoms with van der Waals surface area (Å²) in [6.07, 6.45) is -2.98. The molecule has 1 rings (SSSR count). The molecule has 1 N–H and O–H groups in total. The van der Waals surface area contributed by atoms with Gasteiger partial charge in [0.05, 0.1) is 11.6 Å². The lowest BCUT2D eigenvalue weighted by atomic mass is 10.1. The summed E-state index contributed by atoms with van der Waals surface area (Å²) >= 11 is 0. The highest BCUT2D eigenvalue weighted by molar-refractivity contribution is 5.96. The van der Waals surface area contributed by atoms with E-state index in [0.717, 1.165) is 12.3 Å². The van der Waals surface area contributed by atoms with E-state index in [1.807, 2.05) is 0 Å². The molecule has 1 amide bonds. The smallest absolute Gasteiger partial charge is 0.342 e. The Balaban J connectivity index is 3.03. The molecule has 0 radical (unpaired) electrons. The Morgan fingerprint density at radius 1 is 1.56 bits per heavy atom. The SMILES string of the molecule is CCC(C=O)NC(=O)c1cccnc1C(F)(F)F. The minimum absolute atomic E-state index is 0.302. The third-order valence-corrected chi connectivity index (χ3v) is 2.24. The third kappa shape index (κ3) is 3.28. The number of hydrogen-bond acceptors (Lipinski definition) is 3. The monoisotopic (exact) mass is 260 g/mol. The maximum Gasteiger partial charge on any atom is 0.434 e. The van der Waals surface area contributed by atoms with Crippen LogP contribution in [0.25, 0.3) is 0 Å². The molecule has 0 saturated heterocycles. The summed E-state index contributed by atoms with van der Waals surface area (Å²) in [5, 5.41) is 2.20. The first-order valence-corrected chi connectivity index (χ1v) is 5.18. The van der Waals surface area contributed by atoms with Gasteiger partial charge in [0.1, 0.15) is 6.29 Å². The van der Waals surface area contributed by atoms with Crippen molar-refractivity contribution in [3.63, 3.8) is 0 Å². The van der Waals surface area contributed by atoms with E-state index in [-0.39, 0.29) is 0 Å². The van der Waals surface area contributed by atoms with E-state index in [2.05, 4.69) is 10.3 Å². The van der Waals surface area contributed by atoms with Gasteiger partial charge in [-0.15, -0.1) is 0 Å². The highest BCUT2D eigenvalue weighted by atomic mass is 19.4. The largest absolute Gasteiger partial charge is 0.434 e. The highest BCUT2D eigenvalue weighted by Crippen LogP contribution is 2.29. The van der Waals surface area contributed by atoms with Crippen molar-refractivity contribution in [1.82, 2.24) is 10.3 Å². The fourth-order valence-corrected chi connectivity index (χ4v) is 1.29. The minimum Gasteiger partial charge on any atom is -0.342 e. The van der Waals surface area contributed by atoms with E-state index >= 15 is 0 Å². The van der Waals surface area contributed by atoms with Crippen molar-refractivity contribution in [1.29, 1.82) is 0 Å². The number of aldehydes is 1. The van der Waals surface area contributed by atoms with Gasteiger partial charge in [0.15, 0.2) is 5.69 Å². The predicted molar refractivity (Wildman–Crippen MR) is 56.8 cm³/mol. The molecule has 0 spiro atoms. The van der Waals surface area contributed by atoms with E-state index < -0.39 is 29.4 Å². The van der Waals surface area contributed by atoms with Crippen molar-refractivity contribution in [2.45, 2.75) is 25.6 Å². The van der Waals surface area contributed by atoms with Crippen molar-refractivity contribution in [2.24, 2.45) is 0 Å². The molecule has 18 heavy (non-hydrogen) atoms. The minimum atomic E-state index is -4.71. The second-order valence-electron chi connectivity index (χ2n) is 3.52. The van der Waals surface area contributed by atoms with E-state index in [1.165, 1.54) is 6.07 Å². The zero-order chi connectivity index (χ0) is 13.8. The van der Waals surface area contributed by atoms with Crippen LogP contribution in [0.2, 0.25) is 0 Å². The van der Waals surface area contributed by atoms with Gasteiger partial charge in [-0.3, -0.25) is 9.78 Å². The summed E-state index contributed by atoms with van der Waals surface area (Å²) < 4.78 is 37.8. The summed E-state index contributed by atoms with van der Waals surface area (Å²) in [5.74, 6) is -0.964. The van der Waals surface area contributed by atoms with Crippen LogP contribution < -0.4 is 5.32 Å². The van der Waals surface area contributed by atoms with Crippen LogP contribution in [-0.2, 0) is 11.0 Å². The van der Waals surface area contributed by atoms with Crippen LogP contribution >= 0.6 is 0 Å². The lowest BCUT2D eigenvalue weighted by Crippen LogP contribution is -2.36. The molecule has 7 heteroatoms. The van der Waals surface area contributed by atoms with Crippen LogP contribution in [0.4, 0.5) is 13.2 Å². The predicted octanol–water partition coefficient (Wildman–Crippen LogP) is 1.81. The summed E-state index contributed by atoms with van der Waals surface area (Å²) in [5.41, 5.74) is -1.85. The van der Waals surface area contributed by atoms with Gasteiger partial charge in [-0.05, 0) is 18.6 Å². The van der Waals surface area contributed by atoms with Crippen molar-refractivity contribution >= 4 is 12.2 Å². The highest BCUT2D eigenvalue weighted by Gasteiger charge is 2.37. The molecule has 1 atom stereocenters. The number of rotatable bonds is 4. The van der Waals surface area contributed by atoms with Gasteiger partial charge in [-0.2, -0.15) is 13.2 Å². The Morgan fingerprint density at radius 3 is 2.72 bits per heavy atom. The zero-order valence-corrected chi connectivity index (χ0v) is 9.49. The lowest BCUT2D eigenvalue weighted by molar-refractivity contribution is -0.141. The molecule has 1 aromatic rings. The van der Waals surface area contributed by atoms with Crippen molar-refractivity contribution in [3.05, 3.63) is 29.6 Å². The number of aromatic nitrogens is 1. The molecule has 98 valence electrons. The number of nitrogens with zero attached hydrogens (tertiary/aromatic N) is 1. The fourth-order valence-electron chi connectivity index (χ4n) is 1.29. The third-order valence-electron chi connectivity index (χ3n) is 2.24. The molecule has 0 aliphatic carbocycles. The number of carbonyl (C=O) groups excluding carboxylic acids is 2. The van der Waals surface area contributed by atoms with Crippen LogP contribution in [-0.4, -0.2) is 23.2 Å². The molecule has 1 unspecified atom stereocenters. The van der Waals surface area contributed by atoms with Gasteiger partial charge in [0, 0.05) is 6.20 Å². The quantitative estimate of drug-likeness (QED) is 0.840. The number of hydrogen-bond donors (Lipinski definition) is 1. The van der Waals surface area contributed by atoms with E-state index in [4.69, 9.17) is 0 Å². The molecule has 1 aromatic heterocycles. The molecule has 0 aliphatic heterocycles. The van der Waals surface area contributed by atoms with Crippen LogP contribution in [0.5, 0.6) is 0 Å². The van der Waals surface area contributed by atoms with Crippen LogP contribution in [0.1, 0.15) is 29.4 Å². The number of halogens is 3. The Labute approximate surface area is 101 Å². The Morgan fingerprint density at radius 2 is 2.22 bits per heavy atom. The first-order valence-electron chi connectivity index (χ1n) is 5.18. The second-order valence-corrected chi connectivity index (χ2v) is 3.52. The van der Waals surface area contributed by atoms with Gasteiger partial charge < -0.3 is 10.1 Å². The molecule has 0 saturated carbocycles. The van der Waals surface area contributed by atoms with E-state index in [1.54, 1.807) is 6.92 Å². The van der Waals surface area contributed by atoms with Gasteiger partial charge in [0.25, 0.3) is 5.91 Å². The van der Waals surface area contributed by atoms with Crippen LogP contribution in [0.15, 0.2) is 18.3 Å². The Kier molecular flexibility index (Phi) is 4.41. The van der Waals surface area contributed by atoms with E-state index in [9.17, 15) is 22.8 Å². The molecule has 0 fully saturated rings. The standard InChI is InChI=1S/C11H11F3N2O2/c1-2-7(6-17)16-10(18)8-4-3-5-15-9(8)11(12,13)14/h3-7H,2H2,1H3,(H,16,18). The zero-order valence-electron chi connectivity index (χ0n) is 9.49. The Hall–Kier alpha value is -1.92. The van der Waals surface area contributed by atoms with Crippen molar-refractivity contribution < 1.29 is 22.8 Å². The summed E-state index contributed by atoms with van der Waals surface area (Å²) in [7, 11) is 0. The average Bonchev–Trinajstić information content (AvgIpc) is 2.34. The van der Waals surface area contributed by atoms with Crippen LogP contribution in [0.3, 0.4) is 0 Å². The van der Waals surface area contributed by atoms with Crippen LogP contribution in [0, 0.1) is 0 Å². The van der Waals surface area contributed by atoms with Gasteiger partial charge in [0.2, 0.25) is 0 Å². The summed E-state index contributed by atoms with van der Waals surface area (Å²) in [6, 6.07) is 1.44. The fraction of sp³-hybridized carbons (Fsp3) is 0.364. The molecule has 1 heterocycles. The molecule has 0 aliphatic rings. The number of amides is 1. The van der Waals surface area contributed by atoms with E-state index in [0.29, 0.717) is 12.7 Å². The molecular weight excluding hydrogens is 249 g/mol. The second kappa shape index (κ2) is 5.61. The number of alkyl halides is 3. The molecule has 4 nitrogen and oxygen atoms in total. The molecule has 0 aromatic carbocycles. The number of nitrogens with one attached hydrogen (secondary N) is 1. The van der Waals surface area contributed by atoms with Crippen molar-refractivity contribution in [3.8, 4) is 0 Å². The number of pyridine rings is 1. The molecule has 0 bridgehead atoms. The summed E-state index contributed by atoms with van der Waals surface area (Å²) in [4.78, 5) is 25.3. The van der Waals surface area contributed by atoms with Gasteiger partial charge in [-0.1, -0.05) is 6.92 Å². The maximum atomic E-state index is 12.6. The molecular formula is C11H11F3N2O2.